The molecule has 0 saturated carbocycles. The maximum absolute atomic E-state index is 12.7. The lowest BCUT2D eigenvalue weighted by atomic mass is 10.1. The van der Waals surface area contributed by atoms with Gasteiger partial charge in [-0.3, -0.25) is 0 Å². The molecule has 0 bridgehead atoms. The molecule has 0 saturated heterocycles. The van der Waals surface area contributed by atoms with Crippen LogP contribution in [0.25, 0.3) is 11.3 Å². The van der Waals surface area contributed by atoms with Crippen LogP contribution in [-0.4, -0.2) is 17.1 Å². The Morgan fingerprint density at radius 1 is 1.05 bits per heavy atom. The minimum atomic E-state index is -4.48. The summed E-state index contributed by atoms with van der Waals surface area (Å²) in [5.41, 5.74) is -0.120. The van der Waals surface area contributed by atoms with Gasteiger partial charge in [-0.1, -0.05) is 0 Å². The molecule has 0 radical (unpaired) electrons. The summed E-state index contributed by atoms with van der Waals surface area (Å²) < 4.78 is 43.0. The van der Waals surface area contributed by atoms with Gasteiger partial charge in [0.1, 0.15) is 17.3 Å². The van der Waals surface area contributed by atoms with E-state index in [-0.39, 0.29) is 11.5 Å². The highest BCUT2D eigenvalue weighted by molar-refractivity contribution is 5.60. The van der Waals surface area contributed by atoms with Gasteiger partial charge in [0.15, 0.2) is 0 Å². The molecule has 0 atom stereocenters. The van der Waals surface area contributed by atoms with Gasteiger partial charge in [0.25, 0.3) is 0 Å². The van der Waals surface area contributed by atoms with Gasteiger partial charge >= 0.3 is 6.18 Å². The van der Waals surface area contributed by atoms with Crippen molar-refractivity contribution in [1.82, 2.24) is 9.97 Å². The Labute approximate surface area is 108 Å². The van der Waals surface area contributed by atoms with Crippen LogP contribution in [-0.2, 0) is 6.18 Å². The molecular formula is C13H11F3N2O. The van der Waals surface area contributed by atoms with Gasteiger partial charge in [-0.05, 0) is 37.3 Å². The zero-order chi connectivity index (χ0) is 14.0. The first-order valence-corrected chi connectivity index (χ1v) is 5.47. The number of hydrogen-bond acceptors (Lipinski definition) is 3. The number of aromatic nitrogens is 2. The summed E-state index contributed by atoms with van der Waals surface area (Å²) in [6.07, 6.45) is -4.48. The lowest BCUT2D eigenvalue weighted by Crippen LogP contribution is -2.10. The van der Waals surface area contributed by atoms with Crippen molar-refractivity contribution < 1.29 is 17.9 Å². The van der Waals surface area contributed by atoms with E-state index in [2.05, 4.69) is 9.97 Å². The Bertz CT molecular complexity index is 579. The molecule has 1 heterocycles. The normalized spacial score (nSPS) is 11.4. The van der Waals surface area contributed by atoms with Crippen LogP contribution in [0.3, 0.4) is 0 Å². The van der Waals surface area contributed by atoms with Crippen LogP contribution in [0.1, 0.15) is 11.5 Å². The summed E-state index contributed by atoms with van der Waals surface area (Å²) in [5.74, 6) is 0.714. The molecule has 0 unspecified atom stereocenters. The first kappa shape index (κ1) is 13.3. The zero-order valence-corrected chi connectivity index (χ0v) is 10.3. The van der Waals surface area contributed by atoms with E-state index in [0.29, 0.717) is 11.3 Å². The fraction of sp³-hybridized carbons (Fsp3) is 0.231. The zero-order valence-electron chi connectivity index (χ0n) is 10.3. The summed E-state index contributed by atoms with van der Waals surface area (Å²) in [6.45, 7) is 1.43. The average Bonchev–Trinajstić information content (AvgIpc) is 2.37. The summed E-state index contributed by atoms with van der Waals surface area (Å²) in [6, 6.07) is 7.58. The molecule has 1 aromatic heterocycles. The van der Waals surface area contributed by atoms with Gasteiger partial charge in [-0.2, -0.15) is 13.2 Å². The van der Waals surface area contributed by atoms with Gasteiger partial charge in [-0.25, -0.2) is 9.97 Å². The van der Waals surface area contributed by atoms with Crippen LogP contribution in [0, 0.1) is 6.92 Å². The minimum absolute atomic E-state index is 0.0839. The van der Waals surface area contributed by atoms with Crippen LogP contribution < -0.4 is 4.74 Å². The standard InChI is InChI=1S/C13H11F3N2O/c1-8-17-11(7-12(18-8)13(14,15)16)9-3-5-10(19-2)6-4-9/h3-7H,1-2H3. The second kappa shape index (κ2) is 4.87. The lowest BCUT2D eigenvalue weighted by molar-refractivity contribution is -0.141. The highest BCUT2D eigenvalue weighted by Crippen LogP contribution is 2.30. The van der Waals surface area contributed by atoms with E-state index in [1.54, 1.807) is 24.3 Å². The maximum Gasteiger partial charge on any atom is 0.433 e. The molecule has 0 fully saturated rings. The van der Waals surface area contributed by atoms with Crippen LogP contribution >= 0.6 is 0 Å². The van der Waals surface area contributed by atoms with Crippen molar-refractivity contribution in [3.05, 3.63) is 41.9 Å². The number of hydrogen-bond donors (Lipinski definition) is 0. The predicted molar refractivity (Wildman–Crippen MR) is 63.8 cm³/mol. The molecule has 100 valence electrons. The molecule has 19 heavy (non-hydrogen) atoms. The number of aryl methyl sites for hydroxylation is 1. The lowest BCUT2D eigenvalue weighted by Gasteiger charge is -2.09. The van der Waals surface area contributed by atoms with Crippen LogP contribution in [0.5, 0.6) is 5.75 Å². The van der Waals surface area contributed by atoms with Crippen LogP contribution in [0.4, 0.5) is 13.2 Å². The van der Waals surface area contributed by atoms with E-state index < -0.39 is 11.9 Å². The fourth-order valence-electron chi connectivity index (χ4n) is 1.62. The van der Waals surface area contributed by atoms with Gasteiger partial charge in [0, 0.05) is 5.56 Å². The topological polar surface area (TPSA) is 35.0 Å². The average molecular weight is 268 g/mol. The van der Waals surface area contributed by atoms with Gasteiger partial charge in [0.05, 0.1) is 12.8 Å². The number of ether oxygens (including phenoxy) is 1. The molecule has 0 amide bonds. The van der Waals surface area contributed by atoms with Crippen molar-refractivity contribution >= 4 is 0 Å². The number of halogens is 3. The maximum atomic E-state index is 12.7. The van der Waals surface area contributed by atoms with Crippen molar-refractivity contribution in [2.75, 3.05) is 7.11 Å². The van der Waals surface area contributed by atoms with Crippen LogP contribution in [0.2, 0.25) is 0 Å². The Morgan fingerprint density at radius 2 is 1.68 bits per heavy atom. The number of nitrogens with zero attached hydrogens (tertiary/aromatic N) is 2. The molecule has 3 nitrogen and oxygen atoms in total. The van der Waals surface area contributed by atoms with E-state index in [0.717, 1.165) is 6.07 Å². The van der Waals surface area contributed by atoms with E-state index in [9.17, 15) is 13.2 Å². The SMILES string of the molecule is COc1ccc(-c2cc(C(F)(F)F)nc(C)n2)cc1. The van der Waals surface area contributed by atoms with E-state index >= 15 is 0 Å². The molecule has 2 rings (SSSR count). The third-order valence-electron chi connectivity index (χ3n) is 2.51. The molecule has 0 spiro atoms. The molecule has 0 aliphatic rings. The Kier molecular flexibility index (Phi) is 3.42. The molecule has 0 aliphatic heterocycles. The number of methoxy groups -OCH3 is 1. The van der Waals surface area contributed by atoms with Gasteiger partial charge in [0.2, 0.25) is 0 Å². The first-order valence-electron chi connectivity index (χ1n) is 5.47. The van der Waals surface area contributed by atoms with Crippen molar-refractivity contribution in [1.29, 1.82) is 0 Å². The third-order valence-corrected chi connectivity index (χ3v) is 2.51. The molecule has 6 heteroatoms. The predicted octanol–water partition coefficient (Wildman–Crippen LogP) is 3.48. The number of benzene rings is 1. The van der Waals surface area contributed by atoms with Crippen molar-refractivity contribution in [2.24, 2.45) is 0 Å². The number of alkyl halides is 3. The van der Waals surface area contributed by atoms with Gasteiger partial charge < -0.3 is 4.74 Å². The van der Waals surface area contributed by atoms with Crippen molar-refractivity contribution in [3.8, 4) is 17.0 Å². The van der Waals surface area contributed by atoms with E-state index in [1.807, 2.05) is 0 Å². The van der Waals surface area contributed by atoms with Crippen LogP contribution in [0.15, 0.2) is 30.3 Å². The third kappa shape index (κ3) is 3.01. The largest absolute Gasteiger partial charge is 0.497 e. The summed E-state index contributed by atoms with van der Waals surface area (Å²) in [7, 11) is 1.52. The Balaban J connectivity index is 2.46. The molecular weight excluding hydrogens is 257 g/mol. The highest BCUT2D eigenvalue weighted by Gasteiger charge is 2.33. The number of rotatable bonds is 2. The molecule has 2 aromatic rings. The van der Waals surface area contributed by atoms with Gasteiger partial charge in [-0.15, -0.1) is 0 Å². The fourth-order valence-corrected chi connectivity index (χ4v) is 1.62. The Morgan fingerprint density at radius 3 is 2.21 bits per heavy atom. The quantitative estimate of drug-likeness (QED) is 0.836. The smallest absolute Gasteiger partial charge is 0.433 e. The second-order valence-corrected chi connectivity index (χ2v) is 3.91. The van der Waals surface area contributed by atoms with Crippen molar-refractivity contribution in [2.45, 2.75) is 13.1 Å². The van der Waals surface area contributed by atoms with Crippen molar-refractivity contribution in [3.63, 3.8) is 0 Å². The highest BCUT2D eigenvalue weighted by atomic mass is 19.4. The summed E-state index contributed by atoms with van der Waals surface area (Å²) >= 11 is 0. The summed E-state index contributed by atoms with van der Waals surface area (Å²) in [4.78, 5) is 7.42. The summed E-state index contributed by atoms with van der Waals surface area (Å²) in [5, 5.41) is 0. The minimum Gasteiger partial charge on any atom is -0.497 e. The van der Waals surface area contributed by atoms with E-state index in [1.165, 1.54) is 14.0 Å². The molecule has 0 N–H and O–H groups in total. The molecule has 0 aliphatic carbocycles. The Hall–Kier alpha value is -2.11. The monoisotopic (exact) mass is 268 g/mol. The molecule has 1 aromatic carbocycles. The first-order chi connectivity index (χ1) is 8.90. The second-order valence-electron chi connectivity index (χ2n) is 3.91. The van der Waals surface area contributed by atoms with E-state index in [4.69, 9.17) is 4.74 Å².